The first-order valence-corrected chi connectivity index (χ1v) is 22.3. The van der Waals surface area contributed by atoms with Crippen LogP contribution in [0, 0.1) is 0 Å². The highest BCUT2D eigenvalue weighted by Gasteiger charge is 2.40. The molecule has 0 saturated carbocycles. The van der Waals surface area contributed by atoms with Gasteiger partial charge in [-0.2, -0.15) is 0 Å². The molecule has 278 valence electrons. The second-order valence-corrected chi connectivity index (χ2v) is 18.2. The summed E-state index contributed by atoms with van der Waals surface area (Å²) in [7, 11) is 0. The molecule has 6 aromatic rings. The van der Waals surface area contributed by atoms with Crippen LogP contribution in [0.2, 0.25) is 0 Å². The highest BCUT2D eigenvalue weighted by molar-refractivity contribution is 7.31. The van der Waals surface area contributed by atoms with Crippen LogP contribution in [0.15, 0.2) is 10.8 Å². The van der Waals surface area contributed by atoms with Crippen LogP contribution in [-0.4, -0.2) is 79.3 Å². The van der Waals surface area contributed by atoms with E-state index in [0.29, 0.717) is 125 Å². The Morgan fingerprint density at radius 3 is 0.704 bits per heavy atom. The van der Waals surface area contributed by atoms with Crippen molar-refractivity contribution in [3.8, 4) is 118 Å². The van der Waals surface area contributed by atoms with Crippen molar-refractivity contribution in [1.29, 1.82) is 0 Å². The summed E-state index contributed by atoms with van der Waals surface area (Å²) < 4.78 is 75.0. The maximum atomic E-state index is 6.44. The molecule has 6 aliphatic rings. The number of rotatable bonds is 5. The molecule has 12 rings (SSSR count). The lowest BCUT2D eigenvalue weighted by Crippen LogP contribution is -2.16. The van der Waals surface area contributed by atoms with Crippen LogP contribution in [0.3, 0.4) is 0 Å². The van der Waals surface area contributed by atoms with Gasteiger partial charge in [0.15, 0.2) is 69.0 Å². The van der Waals surface area contributed by atoms with Crippen LogP contribution in [0.4, 0.5) is 0 Å². The van der Waals surface area contributed by atoms with E-state index in [4.69, 9.17) is 56.8 Å². The van der Waals surface area contributed by atoms with Crippen molar-refractivity contribution >= 4 is 68.0 Å². The average molecular weight is 843 g/mol. The molecule has 12 nitrogen and oxygen atoms in total. The lowest BCUT2D eigenvalue weighted by molar-refractivity contribution is 0.170. The summed E-state index contributed by atoms with van der Waals surface area (Å²) in [5.41, 5.74) is 0. The molecule has 6 aromatic heterocycles. The SMILES string of the molecule is c1sc(-c2sc(-c3sc(-c4sc(-c5sc(-c6scc7c6OCCO7)c6c5OCCO6)c5c4OCCO5)c4c3OCCO4)c3c2OCCO3)c2c1OCCO2. The fourth-order valence-electron chi connectivity index (χ4n) is 7.04. The molecular formula is C36H26O12S6. The van der Waals surface area contributed by atoms with Crippen LogP contribution < -0.4 is 56.8 Å². The molecule has 0 aromatic carbocycles. The molecule has 0 aliphatic carbocycles. The van der Waals surface area contributed by atoms with Gasteiger partial charge in [0.05, 0.1) is 48.8 Å². The highest BCUT2D eigenvalue weighted by Crippen LogP contribution is 2.68. The van der Waals surface area contributed by atoms with Crippen LogP contribution in [0.1, 0.15) is 0 Å². The number of thiophene rings is 6. The Morgan fingerprint density at radius 2 is 0.444 bits per heavy atom. The van der Waals surface area contributed by atoms with Crippen molar-refractivity contribution < 1.29 is 56.8 Å². The van der Waals surface area contributed by atoms with Gasteiger partial charge in [-0.15, -0.1) is 68.0 Å². The zero-order valence-corrected chi connectivity index (χ0v) is 32.9. The number of fused-ring (bicyclic) bond motifs is 6. The van der Waals surface area contributed by atoms with Gasteiger partial charge in [0, 0.05) is 10.8 Å². The second-order valence-electron chi connectivity index (χ2n) is 12.4. The molecule has 6 aliphatic heterocycles. The Hall–Kier alpha value is -4.20. The number of hydrogen-bond acceptors (Lipinski definition) is 18. The van der Waals surface area contributed by atoms with Gasteiger partial charge in [-0.25, -0.2) is 0 Å². The van der Waals surface area contributed by atoms with E-state index in [1.165, 1.54) is 0 Å². The summed E-state index contributed by atoms with van der Waals surface area (Å²) in [6.07, 6.45) is 0. The fourth-order valence-corrected chi connectivity index (χ4v) is 14.3. The molecule has 0 radical (unpaired) electrons. The minimum absolute atomic E-state index is 0.421. The van der Waals surface area contributed by atoms with Crippen molar-refractivity contribution in [1.82, 2.24) is 0 Å². The van der Waals surface area contributed by atoms with Crippen molar-refractivity contribution in [2.75, 3.05) is 79.3 Å². The third kappa shape index (κ3) is 4.79. The van der Waals surface area contributed by atoms with E-state index >= 15 is 0 Å². The maximum absolute atomic E-state index is 6.44. The van der Waals surface area contributed by atoms with Gasteiger partial charge >= 0.3 is 0 Å². The zero-order chi connectivity index (χ0) is 35.3. The molecule has 54 heavy (non-hydrogen) atoms. The molecule has 0 bridgehead atoms. The number of hydrogen-bond donors (Lipinski definition) is 0. The van der Waals surface area contributed by atoms with Gasteiger partial charge in [0.2, 0.25) is 0 Å². The molecule has 0 amide bonds. The first-order valence-electron chi connectivity index (χ1n) is 17.3. The normalized spacial score (nSPS) is 17.4. The summed E-state index contributed by atoms with van der Waals surface area (Å²) in [5.74, 6) is 8.49. The van der Waals surface area contributed by atoms with Gasteiger partial charge in [-0.3, -0.25) is 0 Å². The fraction of sp³-hybridized carbons (Fsp3) is 0.333. The molecule has 18 heteroatoms. The van der Waals surface area contributed by atoms with Crippen LogP contribution in [0.5, 0.6) is 69.0 Å². The third-order valence-electron chi connectivity index (χ3n) is 9.23. The molecule has 0 fully saturated rings. The standard InChI is InChI=1S/C36H26O12S6/c1-3-39-17-15(37-1)13-49-27(17)29-19-21(43-7-5-41-19)31(51-29)33-23-25(47-11-9-45-23)35(53-33)36-26-24(46-10-12-48-26)34(54-36)32-22-20(42-6-8-44-22)30(52-32)28-18-16(14-50-28)38-2-4-40-18/h13-14H,1-12H2. The van der Waals surface area contributed by atoms with Crippen molar-refractivity contribution in [2.45, 2.75) is 0 Å². The number of ether oxygens (including phenoxy) is 12. The van der Waals surface area contributed by atoms with E-state index < -0.39 is 0 Å². The van der Waals surface area contributed by atoms with E-state index in [2.05, 4.69) is 0 Å². The van der Waals surface area contributed by atoms with Gasteiger partial charge in [0.25, 0.3) is 0 Å². The van der Waals surface area contributed by atoms with Crippen LogP contribution in [-0.2, 0) is 0 Å². The smallest absolute Gasteiger partial charge is 0.181 e. The Labute approximate surface area is 330 Å². The third-order valence-corrected chi connectivity index (χ3v) is 16.5. The summed E-state index contributed by atoms with van der Waals surface area (Å²) in [6.45, 7) is 5.52. The van der Waals surface area contributed by atoms with Crippen LogP contribution in [0.25, 0.3) is 48.8 Å². The quantitative estimate of drug-likeness (QED) is 0.165. The monoisotopic (exact) mass is 842 g/mol. The molecule has 0 unspecified atom stereocenters. The first kappa shape index (κ1) is 32.1. The Kier molecular flexibility index (Phi) is 7.53. The highest BCUT2D eigenvalue weighted by atomic mass is 32.1. The molecule has 12 heterocycles. The molecule has 0 atom stereocenters. The van der Waals surface area contributed by atoms with E-state index in [1.54, 1.807) is 68.0 Å². The Bertz CT molecular complexity index is 2290. The average Bonchev–Trinajstić information content (AvgIpc) is 4.09. The van der Waals surface area contributed by atoms with Gasteiger partial charge in [-0.05, 0) is 0 Å². The summed E-state index contributed by atoms with van der Waals surface area (Å²) in [4.78, 5) is 9.20. The predicted octanol–water partition coefficient (Wildman–Crippen LogP) is 9.02. The van der Waals surface area contributed by atoms with Gasteiger partial charge in [-0.1, -0.05) is 0 Å². The summed E-state index contributed by atoms with van der Waals surface area (Å²) in [5, 5.41) is 3.98. The largest absolute Gasteiger partial charge is 0.485 e. The molecule has 0 N–H and O–H groups in total. The minimum Gasteiger partial charge on any atom is -0.485 e. The lowest BCUT2D eigenvalue weighted by atomic mass is 10.2. The minimum atomic E-state index is 0.421. The van der Waals surface area contributed by atoms with Crippen molar-refractivity contribution in [2.24, 2.45) is 0 Å². The van der Waals surface area contributed by atoms with Crippen LogP contribution >= 0.6 is 68.0 Å². The van der Waals surface area contributed by atoms with Crippen molar-refractivity contribution in [3.63, 3.8) is 0 Å². The molecule has 0 spiro atoms. The molecular weight excluding hydrogens is 817 g/mol. The zero-order valence-electron chi connectivity index (χ0n) is 28.0. The van der Waals surface area contributed by atoms with E-state index in [9.17, 15) is 0 Å². The van der Waals surface area contributed by atoms with E-state index in [-0.39, 0.29) is 0 Å². The Morgan fingerprint density at radius 1 is 0.241 bits per heavy atom. The molecule has 0 saturated heterocycles. The first-order chi connectivity index (χ1) is 26.8. The topological polar surface area (TPSA) is 111 Å². The van der Waals surface area contributed by atoms with E-state index in [1.807, 2.05) is 10.8 Å². The summed E-state index contributed by atoms with van der Waals surface area (Å²) >= 11 is 9.53. The summed E-state index contributed by atoms with van der Waals surface area (Å²) in [6, 6.07) is 0. The Balaban J connectivity index is 1.02. The lowest BCUT2D eigenvalue weighted by Gasteiger charge is -2.19. The predicted molar refractivity (Wildman–Crippen MR) is 207 cm³/mol. The van der Waals surface area contributed by atoms with Gasteiger partial charge in [0.1, 0.15) is 79.3 Å². The van der Waals surface area contributed by atoms with E-state index in [0.717, 1.165) is 71.8 Å². The van der Waals surface area contributed by atoms with Crippen molar-refractivity contribution in [3.05, 3.63) is 10.8 Å². The maximum Gasteiger partial charge on any atom is 0.181 e. The van der Waals surface area contributed by atoms with Gasteiger partial charge < -0.3 is 56.8 Å². The second kappa shape index (κ2) is 12.7.